The Morgan fingerprint density at radius 1 is 1.31 bits per heavy atom. The molecule has 1 saturated heterocycles. The van der Waals surface area contributed by atoms with E-state index in [4.69, 9.17) is 18.7 Å². The van der Waals surface area contributed by atoms with E-state index in [9.17, 15) is 0 Å². The molecular formula is C11H16O4P+. The fourth-order valence-corrected chi connectivity index (χ4v) is 3.83. The molecule has 1 aromatic rings. The zero-order valence-electron chi connectivity index (χ0n) is 9.20. The van der Waals surface area contributed by atoms with Crippen LogP contribution in [0.3, 0.4) is 0 Å². The van der Waals surface area contributed by atoms with Gasteiger partial charge >= 0.3 is 7.94 Å². The lowest BCUT2D eigenvalue weighted by atomic mass is 10.4. The highest BCUT2D eigenvalue weighted by Crippen LogP contribution is 2.64. The highest BCUT2D eigenvalue weighted by atomic mass is 31.2. The van der Waals surface area contributed by atoms with E-state index in [1.807, 2.05) is 30.3 Å². The molecule has 2 rings (SSSR count). The van der Waals surface area contributed by atoms with Crippen LogP contribution in [0.15, 0.2) is 30.3 Å². The molecule has 1 fully saturated rings. The summed E-state index contributed by atoms with van der Waals surface area (Å²) in [7, 11) is -2.43. The summed E-state index contributed by atoms with van der Waals surface area (Å²) in [4.78, 5) is 0. The van der Waals surface area contributed by atoms with Crippen molar-refractivity contribution in [1.29, 1.82) is 0 Å². The maximum atomic E-state index is 9.04. The topological polar surface area (TPSA) is 47.9 Å². The van der Waals surface area contributed by atoms with E-state index in [0.717, 1.165) is 5.30 Å². The van der Waals surface area contributed by atoms with Gasteiger partial charge in [-0.15, -0.1) is 0 Å². The van der Waals surface area contributed by atoms with Gasteiger partial charge in [-0.1, -0.05) is 18.2 Å². The quantitative estimate of drug-likeness (QED) is 0.814. The summed E-state index contributed by atoms with van der Waals surface area (Å²) in [6, 6.07) is 9.65. The van der Waals surface area contributed by atoms with Crippen molar-refractivity contribution in [2.75, 3.05) is 19.8 Å². The van der Waals surface area contributed by atoms with Gasteiger partial charge in [-0.3, -0.25) is 0 Å². The largest absolute Gasteiger partial charge is 0.449 e. The van der Waals surface area contributed by atoms with Gasteiger partial charge in [0.05, 0.1) is 6.61 Å². The van der Waals surface area contributed by atoms with Crippen molar-refractivity contribution in [3.63, 3.8) is 0 Å². The maximum absolute atomic E-state index is 9.04. The second kappa shape index (κ2) is 5.21. The highest BCUT2D eigenvalue weighted by molar-refractivity contribution is 7.69. The Kier molecular flexibility index (Phi) is 3.90. The third-order valence-electron chi connectivity index (χ3n) is 2.25. The Labute approximate surface area is 95.7 Å². The summed E-state index contributed by atoms with van der Waals surface area (Å²) >= 11 is 0. The zero-order valence-corrected chi connectivity index (χ0v) is 10.1. The molecule has 0 radical (unpaired) electrons. The van der Waals surface area contributed by atoms with Gasteiger partial charge in [0, 0.05) is 0 Å². The maximum Gasteiger partial charge on any atom is 0.449 e. The molecular weight excluding hydrogens is 227 g/mol. The minimum absolute atomic E-state index is 0.0404. The molecule has 1 heterocycles. The van der Waals surface area contributed by atoms with Gasteiger partial charge in [0.15, 0.2) is 5.30 Å². The van der Waals surface area contributed by atoms with E-state index < -0.39 is 7.94 Å². The van der Waals surface area contributed by atoms with Crippen molar-refractivity contribution in [3.05, 3.63) is 30.3 Å². The molecule has 1 aliphatic rings. The first kappa shape index (κ1) is 12.0. The van der Waals surface area contributed by atoms with Crippen molar-refractivity contribution >= 4 is 13.2 Å². The van der Waals surface area contributed by atoms with Gasteiger partial charge in [0.25, 0.3) is 0 Å². The summed E-state index contributed by atoms with van der Waals surface area (Å²) in [5.41, 5.74) is 0. The number of hydrogen-bond donors (Lipinski definition) is 1. The third kappa shape index (κ3) is 2.42. The predicted octanol–water partition coefficient (Wildman–Crippen LogP) is 1.52. The van der Waals surface area contributed by atoms with Crippen LogP contribution in [-0.4, -0.2) is 31.0 Å². The minimum Gasteiger partial charge on any atom is -0.394 e. The minimum atomic E-state index is -2.43. The molecule has 16 heavy (non-hydrogen) atoms. The Morgan fingerprint density at radius 2 is 1.94 bits per heavy atom. The van der Waals surface area contributed by atoms with Gasteiger partial charge in [-0.2, -0.15) is 13.6 Å². The summed E-state index contributed by atoms with van der Waals surface area (Å²) in [5.74, 6) is 0. The van der Waals surface area contributed by atoms with Crippen molar-refractivity contribution in [2.24, 2.45) is 0 Å². The molecule has 0 bridgehead atoms. The van der Waals surface area contributed by atoms with E-state index >= 15 is 0 Å². The van der Waals surface area contributed by atoms with Gasteiger partial charge in [-0.05, 0) is 19.1 Å². The predicted molar refractivity (Wildman–Crippen MR) is 62.5 cm³/mol. The van der Waals surface area contributed by atoms with Crippen molar-refractivity contribution in [3.8, 4) is 0 Å². The van der Waals surface area contributed by atoms with Crippen LogP contribution in [0.5, 0.6) is 0 Å². The van der Waals surface area contributed by atoms with Crippen molar-refractivity contribution < 1.29 is 18.7 Å². The normalized spacial score (nSPS) is 20.9. The van der Waals surface area contributed by atoms with Crippen molar-refractivity contribution in [1.82, 2.24) is 0 Å². The van der Waals surface area contributed by atoms with Gasteiger partial charge < -0.3 is 5.11 Å². The molecule has 1 atom stereocenters. The van der Waals surface area contributed by atoms with Gasteiger partial charge in [-0.25, -0.2) is 0 Å². The standard InChI is InChI=1S/C11H16O4P/c1-10(9-12)15-16(13-7-8-14-16)11-5-3-2-4-6-11/h2-6,10,12H,7-9H2,1H3/q+1. The molecule has 0 saturated carbocycles. The number of rotatable bonds is 4. The third-order valence-corrected chi connectivity index (χ3v) is 4.87. The van der Waals surface area contributed by atoms with E-state index in [0.29, 0.717) is 13.2 Å². The number of benzene rings is 1. The SMILES string of the molecule is CC(CO)O[P+]1(c2ccccc2)OCCO1. The first-order valence-corrected chi connectivity index (χ1v) is 6.84. The average molecular weight is 243 g/mol. The fourth-order valence-electron chi connectivity index (χ4n) is 1.50. The molecule has 1 N–H and O–H groups in total. The summed E-state index contributed by atoms with van der Waals surface area (Å²) in [5, 5.41) is 9.96. The first-order valence-electron chi connectivity index (χ1n) is 5.30. The molecule has 4 nitrogen and oxygen atoms in total. The second-order valence-corrected chi connectivity index (χ2v) is 5.84. The summed E-state index contributed by atoms with van der Waals surface area (Å²) in [6.45, 7) is 2.85. The lowest BCUT2D eigenvalue weighted by Crippen LogP contribution is -2.21. The summed E-state index contributed by atoms with van der Waals surface area (Å²) < 4.78 is 17.1. The molecule has 0 aliphatic carbocycles. The molecule has 1 aliphatic heterocycles. The molecule has 1 aromatic carbocycles. The van der Waals surface area contributed by atoms with Crippen LogP contribution in [0.4, 0.5) is 0 Å². The van der Waals surface area contributed by atoms with Crippen LogP contribution in [0.2, 0.25) is 0 Å². The van der Waals surface area contributed by atoms with E-state index in [1.165, 1.54) is 0 Å². The van der Waals surface area contributed by atoms with Crippen molar-refractivity contribution in [2.45, 2.75) is 13.0 Å². The van der Waals surface area contributed by atoms with Gasteiger partial charge in [0.1, 0.15) is 19.3 Å². The van der Waals surface area contributed by atoms with E-state index in [1.54, 1.807) is 6.92 Å². The molecule has 0 aromatic heterocycles. The lowest BCUT2D eigenvalue weighted by Gasteiger charge is -2.18. The second-order valence-electron chi connectivity index (χ2n) is 3.60. The number of aliphatic hydroxyl groups excluding tert-OH is 1. The number of aliphatic hydroxyl groups is 1. The molecule has 88 valence electrons. The summed E-state index contributed by atoms with van der Waals surface area (Å²) in [6.07, 6.45) is -0.286. The monoisotopic (exact) mass is 243 g/mol. The zero-order chi connectivity index (χ0) is 11.4. The Hall–Kier alpha value is -0.510. The Morgan fingerprint density at radius 3 is 2.50 bits per heavy atom. The van der Waals surface area contributed by atoms with Crippen LogP contribution in [0.1, 0.15) is 6.92 Å². The van der Waals surface area contributed by atoms with Crippen LogP contribution in [0.25, 0.3) is 0 Å². The molecule has 0 spiro atoms. The molecule has 1 unspecified atom stereocenters. The van der Waals surface area contributed by atoms with Crippen LogP contribution < -0.4 is 5.30 Å². The Bertz CT molecular complexity index is 324. The van der Waals surface area contributed by atoms with Crippen LogP contribution >= 0.6 is 7.94 Å². The average Bonchev–Trinajstić information content (AvgIpc) is 2.80. The van der Waals surface area contributed by atoms with Crippen LogP contribution in [0, 0.1) is 0 Å². The molecule has 0 amide bonds. The van der Waals surface area contributed by atoms with E-state index in [-0.39, 0.29) is 12.7 Å². The lowest BCUT2D eigenvalue weighted by molar-refractivity contribution is 0.106. The number of hydrogen-bond acceptors (Lipinski definition) is 4. The van der Waals surface area contributed by atoms with Gasteiger partial charge in [0.2, 0.25) is 0 Å². The highest BCUT2D eigenvalue weighted by Gasteiger charge is 2.53. The molecule has 5 heteroatoms. The van der Waals surface area contributed by atoms with E-state index in [2.05, 4.69) is 0 Å². The Balaban J connectivity index is 2.22. The first-order chi connectivity index (χ1) is 7.77. The van der Waals surface area contributed by atoms with Crippen LogP contribution in [-0.2, 0) is 13.6 Å². The fraction of sp³-hybridized carbons (Fsp3) is 0.455. The smallest absolute Gasteiger partial charge is 0.394 e.